The summed E-state index contributed by atoms with van der Waals surface area (Å²) in [7, 11) is 1.51. The normalized spacial score (nSPS) is 30.3. The fourth-order valence-electron chi connectivity index (χ4n) is 3.44. The van der Waals surface area contributed by atoms with Gasteiger partial charge in [0.25, 0.3) is 0 Å². The number of methoxy groups -OCH3 is 1. The Kier molecular flexibility index (Phi) is 6.38. The van der Waals surface area contributed by atoms with E-state index < -0.39 is 5.54 Å². The first kappa shape index (κ1) is 17.1. The van der Waals surface area contributed by atoms with Crippen LogP contribution >= 0.6 is 11.8 Å². The molecule has 0 saturated heterocycles. The fourth-order valence-corrected chi connectivity index (χ4v) is 4.53. The molecule has 2 aliphatic carbocycles. The summed E-state index contributed by atoms with van der Waals surface area (Å²) in [5.74, 6) is 1.38. The molecular weight excluding hydrogens is 286 g/mol. The Morgan fingerprint density at radius 1 is 1.48 bits per heavy atom. The number of rotatable bonds is 9. The molecule has 0 spiro atoms. The van der Waals surface area contributed by atoms with Crippen molar-refractivity contribution >= 4 is 17.7 Å². The molecule has 2 rings (SSSR count). The van der Waals surface area contributed by atoms with Gasteiger partial charge in [0.05, 0.1) is 7.11 Å². The molecule has 0 aromatic rings. The minimum atomic E-state index is -0.434. The van der Waals surface area contributed by atoms with Crippen molar-refractivity contribution in [2.75, 3.05) is 19.5 Å². The summed E-state index contributed by atoms with van der Waals surface area (Å²) in [6.07, 6.45) is 7.41. The molecule has 2 fully saturated rings. The van der Waals surface area contributed by atoms with Crippen LogP contribution in [0.15, 0.2) is 0 Å². The predicted octanol–water partition coefficient (Wildman–Crippen LogP) is 2.34. The number of aliphatic hydroxyl groups is 1. The Bertz CT molecular complexity index is 348. The van der Waals surface area contributed by atoms with Gasteiger partial charge in [-0.15, -0.1) is 0 Å². The summed E-state index contributed by atoms with van der Waals surface area (Å²) in [4.78, 5) is 12.4. The molecule has 0 aromatic carbocycles. The maximum absolute atomic E-state index is 12.4. The summed E-state index contributed by atoms with van der Waals surface area (Å²) in [5, 5.41) is 13.0. The zero-order valence-electron chi connectivity index (χ0n) is 13.3. The average Bonchev–Trinajstić information content (AvgIpc) is 3.19. The molecule has 0 aliphatic heterocycles. The first-order valence-corrected chi connectivity index (χ1v) is 9.26. The van der Waals surface area contributed by atoms with Crippen molar-refractivity contribution in [3.63, 3.8) is 0 Å². The summed E-state index contributed by atoms with van der Waals surface area (Å²) in [5.41, 5.74) is -0.434. The quantitative estimate of drug-likeness (QED) is 0.640. The minimum Gasteiger partial charge on any atom is -0.468 e. The molecule has 5 heteroatoms. The molecule has 0 radical (unpaired) electrons. The lowest BCUT2D eigenvalue weighted by Crippen LogP contribution is -2.56. The Morgan fingerprint density at radius 3 is 2.86 bits per heavy atom. The lowest BCUT2D eigenvalue weighted by molar-refractivity contribution is -0.150. The van der Waals surface area contributed by atoms with Crippen LogP contribution in [0, 0.1) is 5.92 Å². The van der Waals surface area contributed by atoms with Crippen LogP contribution in [0.3, 0.4) is 0 Å². The molecule has 3 unspecified atom stereocenters. The predicted molar refractivity (Wildman–Crippen MR) is 86.5 cm³/mol. The Balaban J connectivity index is 1.90. The number of carbonyl (C=O) groups is 1. The van der Waals surface area contributed by atoms with Crippen molar-refractivity contribution in [2.45, 2.75) is 68.7 Å². The third-order valence-electron chi connectivity index (χ3n) is 4.81. The minimum absolute atomic E-state index is 0.0645. The highest BCUT2D eigenvalue weighted by molar-refractivity contribution is 7.99. The number of ether oxygens (including phenoxy) is 1. The SMILES string of the molecule is COC(=O)C1(NC2CC2)CCCC1CCSC(C)CCO. The summed E-state index contributed by atoms with van der Waals surface area (Å²) in [6.45, 7) is 2.42. The molecule has 122 valence electrons. The molecule has 0 aromatic heterocycles. The second-order valence-corrected chi connectivity index (χ2v) is 8.00. The van der Waals surface area contributed by atoms with Crippen LogP contribution in [0.2, 0.25) is 0 Å². The Morgan fingerprint density at radius 2 is 2.24 bits per heavy atom. The van der Waals surface area contributed by atoms with E-state index in [-0.39, 0.29) is 12.6 Å². The zero-order chi connectivity index (χ0) is 15.3. The van der Waals surface area contributed by atoms with Crippen molar-refractivity contribution in [3.8, 4) is 0 Å². The number of esters is 1. The lowest BCUT2D eigenvalue weighted by Gasteiger charge is -2.34. The standard InChI is InChI=1S/C16H29NO3S/c1-12(7-10-18)21-11-8-13-4-3-9-16(13,15(19)20-2)17-14-5-6-14/h12-14,17-18H,3-11H2,1-2H3. The maximum atomic E-state index is 12.4. The topological polar surface area (TPSA) is 58.6 Å². The van der Waals surface area contributed by atoms with Gasteiger partial charge in [-0.3, -0.25) is 10.1 Å². The largest absolute Gasteiger partial charge is 0.468 e. The van der Waals surface area contributed by atoms with E-state index in [1.165, 1.54) is 20.0 Å². The van der Waals surface area contributed by atoms with E-state index in [0.717, 1.165) is 37.9 Å². The van der Waals surface area contributed by atoms with Gasteiger partial charge in [-0.2, -0.15) is 11.8 Å². The van der Waals surface area contributed by atoms with E-state index in [2.05, 4.69) is 12.2 Å². The molecule has 0 bridgehead atoms. The van der Waals surface area contributed by atoms with Crippen molar-refractivity contribution in [1.29, 1.82) is 0 Å². The van der Waals surface area contributed by atoms with E-state index >= 15 is 0 Å². The van der Waals surface area contributed by atoms with Crippen LogP contribution in [0.1, 0.15) is 51.9 Å². The number of thioether (sulfide) groups is 1. The van der Waals surface area contributed by atoms with Gasteiger partial charge in [-0.05, 0) is 50.2 Å². The Hall–Kier alpha value is -0.260. The first-order valence-electron chi connectivity index (χ1n) is 8.21. The van der Waals surface area contributed by atoms with Gasteiger partial charge in [0, 0.05) is 17.9 Å². The number of nitrogens with one attached hydrogen (secondary N) is 1. The van der Waals surface area contributed by atoms with Crippen molar-refractivity contribution in [3.05, 3.63) is 0 Å². The van der Waals surface area contributed by atoms with Crippen LogP contribution in [-0.4, -0.2) is 47.4 Å². The Labute approximate surface area is 132 Å². The molecule has 0 heterocycles. The van der Waals surface area contributed by atoms with Crippen molar-refractivity contribution < 1.29 is 14.6 Å². The van der Waals surface area contributed by atoms with Crippen molar-refractivity contribution in [2.24, 2.45) is 5.92 Å². The second-order valence-electron chi connectivity index (χ2n) is 6.45. The van der Waals surface area contributed by atoms with E-state index in [0.29, 0.717) is 17.2 Å². The molecule has 2 aliphatic rings. The van der Waals surface area contributed by atoms with Crippen molar-refractivity contribution in [1.82, 2.24) is 5.32 Å². The molecular formula is C16H29NO3S. The smallest absolute Gasteiger partial charge is 0.326 e. The van der Waals surface area contributed by atoms with Crippen LogP contribution in [0.4, 0.5) is 0 Å². The fraction of sp³-hybridized carbons (Fsp3) is 0.938. The van der Waals surface area contributed by atoms with E-state index in [4.69, 9.17) is 9.84 Å². The van der Waals surface area contributed by atoms with Crippen LogP contribution in [0.5, 0.6) is 0 Å². The summed E-state index contributed by atoms with van der Waals surface area (Å²) >= 11 is 1.90. The third-order valence-corrected chi connectivity index (χ3v) is 6.09. The van der Waals surface area contributed by atoms with Gasteiger partial charge in [0.1, 0.15) is 5.54 Å². The lowest BCUT2D eigenvalue weighted by atomic mass is 9.84. The number of hydrogen-bond donors (Lipinski definition) is 2. The number of aliphatic hydroxyl groups excluding tert-OH is 1. The average molecular weight is 315 g/mol. The van der Waals surface area contributed by atoms with Gasteiger partial charge in [-0.1, -0.05) is 13.3 Å². The number of hydrogen-bond acceptors (Lipinski definition) is 5. The van der Waals surface area contributed by atoms with Crippen LogP contribution in [-0.2, 0) is 9.53 Å². The summed E-state index contributed by atoms with van der Waals surface area (Å²) < 4.78 is 5.12. The van der Waals surface area contributed by atoms with Crippen LogP contribution in [0.25, 0.3) is 0 Å². The van der Waals surface area contributed by atoms with Gasteiger partial charge >= 0.3 is 5.97 Å². The molecule has 3 atom stereocenters. The van der Waals surface area contributed by atoms with Gasteiger partial charge in [0.2, 0.25) is 0 Å². The maximum Gasteiger partial charge on any atom is 0.326 e. The highest BCUT2D eigenvalue weighted by Gasteiger charge is 2.51. The third kappa shape index (κ3) is 4.36. The highest BCUT2D eigenvalue weighted by Crippen LogP contribution is 2.42. The molecule has 0 amide bonds. The van der Waals surface area contributed by atoms with Crippen LogP contribution < -0.4 is 5.32 Å². The van der Waals surface area contributed by atoms with Gasteiger partial charge in [0.15, 0.2) is 0 Å². The van der Waals surface area contributed by atoms with E-state index in [9.17, 15) is 4.79 Å². The van der Waals surface area contributed by atoms with Gasteiger partial charge < -0.3 is 9.84 Å². The van der Waals surface area contributed by atoms with E-state index in [1.807, 2.05) is 11.8 Å². The van der Waals surface area contributed by atoms with Gasteiger partial charge in [-0.25, -0.2) is 0 Å². The van der Waals surface area contributed by atoms with E-state index in [1.54, 1.807) is 0 Å². The molecule has 21 heavy (non-hydrogen) atoms. The monoisotopic (exact) mass is 315 g/mol. The molecule has 2 N–H and O–H groups in total. The zero-order valence-corrected chi connectivity index (χ0v) is 14.1. The highest BCUT2D eigenvalue weighted by atomic mass is 32.2. The second kappa shape index (κ2) is 7.84. The molecule has 2 saturated carbocycles. The molecule has 4 nitrogen and oxygen atoms in total. The first-order chi connectivity index (χ1) is 10.1. The summed E-state index contributed by atoms with van der Waals surface area (Å²) in [6, 6.07) is 0.519. The number of carbonyl (C=O) groups excluding carboxylic acids is 1.